The van der Waals surface area contributed by atoms with Crippen LogP contribution in [0.25, 0.3) is 0 Å². The normalized spacial score (nSPS) is 29.3. The van der Waals surface area contributed by atoms with E-state index in [0.717, 1.165) is 12.8 Å². The number of carbonyl (C=O) groups excluding carboxylic acids is 3. The monoisotopic (exact) mass is 582 g/mol. The molecule has 230 valence electrons. The molecular formula is C33H46N2O7. The van der Waals surface area contributed by atoms with E-state index in [9.17, 15) is 19.5 Å². The third-order valence-corrected chi connectivity index (χ3v) is 9.37. The first-order valence-electron chi connectivity index (χ1n) is 15.2. The van der Waals surface area contributed by atoms with Crippen molar-refractivity contribution in [1.82, 2.24) is 4.90 Å². The van der Waals surface area contributed by atoms with Crippen LogP contribution in [-0.4, -0.2) is 78.4 Å². The standard InChI is InChI=1S/C33H46N2O7/c1-6-8-9-13-21-41-31(39)27-26-29(37)35(19-11-10-12-20-36)28(33(26)22-23(3)32(27,4)42-33)30(38)34(18-7-2)24-14-16-25(40-5)17-15-24/h6-7,14-17,23,26-28,36H,1-2,8-13,18-22H2,3-5H3/t23?,26-,27+,28?,32-,33?/m0/s1. The number of methoxy groups -OCH3 is 1. The number of hydrogen-bond donors (Lipinski definition) is 1. The minimum absolute atomic E-state index is 0.0626. The molecule has 9 nitrogen and oxygen atoms in total. The number of unbranched alkanes of at least 4 members (excludes halogenated alkanes) is 4. The van der Waals surface area contributed by atoms with E-state index in [4.69, 9.17) is 14.2 Å². The van der Waals surface area contributed by atoms with Gasteiger partial charge in [-0.1, -0.05) is 19.1 Å². The molecule has 2 bridgehead atoms. The number of aliphatic hydroxyl groups excluding tert-OH is 1. The van der Waals surface area contributed by atoms with E-state index >= 15 is 0 Å². The van der Waals surface area contributed by atoms with Crippen LogP contribution >= 0.6 is 0 Å². The van der Waals surface area contributed by atoms with E-state index in [0.29, 0.717) is 50.1 Å². The summed E-state index contributed by atoms with van der Waals surface area (Å²) >= 11 is 0. The molecule has 4 rings (SSSR count). The number of allylic oxidation sites excluding steroid dienone is 1. The molecular weight excluding hydrogens is 536 g/mol. The van der Waals surface area contributed by atoms with E-state index in [1.54, 1.807) is 47.3 Å². The quantitative estimate of drug-likeness (QED) is 0.176. The van der Waals surface area contributed by atoms with Crippen LogP contribution in [0.2, 0.25) is 0 Å². The highest BCUT2D eigenvalue weighted by molar-refractivity contribution is 6.04. The number of ether oxygens (including phenoxy) is 3. The number of anilines is 1. The molecule has 3 heterocycles. The SMILES string of the molecule is C=CCCCCOC(=O)[C@H]1[C@H]2C(=O)N(CCCCCO)C(C(=O)N(CC=C)c3ccc(OC)cc3)C23CC(C)[C@]1(C)O3. The zero-order valence-corrected chi connectivity index (χ0v) is 25.3. The molecule has 6 atom stereocenters. The van der Waals surface area contributed by atoms with E-state index in [-0.39, 0.29) is 37.5 Å². The number of rotatable bonds is 16. The van der Waals surface area contributed by atoms with Crippen LogP contribution in [-0.2, 0) is 23.9 Å². The fourth-order valence-corrected chi connectivity index (χ4v) is 7.20. The lowest BCUT2D eigenvalue weighted by Crippen LogP contribution is -2.57. The summed E-state index contributed by atoms with van der Waals surface area (Å²) in [5.74, 6) is -1.97. The smallest absolute Gasteiger partial charge is 0.312 e. The lowest BCUT2D eigenvalue weighted by molar-refractivity contribution is -0.161. The van der Waals surface area contributed by atoms with Crippen LogP contribution in [0, 0.1) is 17.8 Å². The molecule has 42 heavy (non-hydrogen) atoms. The fourth-order valence-electron chi connectivity index (χ4n) is 7.20. The van der Waals surface area contributed by atoms with Crippen molar-refractivity contribution >= 4 is 23.5 Å². The number of aliphatic hydroxyl groups is 1. The van der Waals surface area contributed by atoms with E-state index in [1.807, 2.05) is 19.9 Å². The summed E-state index contributed by atoms with van der Waals surface area (Å²) in [4.78, 5) is 45.8. The van der Waals surface area contributed by atoms with Gasteiger partial charge in [-0.05, 0) is 82.1 Å². The van der Waals surface area contributed by atoms with Gasteiger partial charge in [-0.25, -0.2) is 0 Å². The summed E-state index contributed by atoms with van der Waals surface area (Å²) in [6, 6.07) is 6.27. The molecule has 3 fully saturated rings. The Morgan fingerprint density at radius 3 is 2.52 bits per heavy atom. The van der Waals surface area contributed by atoms with Gasteiger partial charge in [0.2, 0.25) is 5.91 Å². The van der Waals surface area contributed by atoms with Gasteiger partial charge in [0.1, 0.15) is 23.3 Å². The zero-order chi connectivity index (χ0) is 30.5. The molecule has 1 aromatic rings. The Morgan fingerprint density at radius 1 is 1.14 bits per heavy atom. The number of esters is 1. The maximum absolute atomic E-state index is 14.6. The van der Waals surface area contributed by atoms with Gasteiger partial charge in [-0.3, -0.25) is 14.4 Å². The third kappa shape index (κ3) is 5.61. The summed E-state index contributed by atoms with van der Waals surface area (Å²) in [6.07, 6.45) is 8.32. The van der Waals surface area contributed by atoms with Crippen LogP contribution < -0.4 is 9.64 Å². The summed E-state index contributed by atoms with van der Waals surface area (Å²) in [5.41, 5.74) is -1.43. The number of likely N-dealkylation sites (tertiary alicyclic amines) is 1. The Kier molecular flexibility index (Phi) is 10.1. The highest BCUT2D eigenvalue weighted by atomic mass is 16.6. The van der Waals surface area contributed by atoms with E-state index < -0.39 is 35.0 Å². The molecule has 1 spiro atoms. The highest BCUT2D eigenvalue weighted by Gasteiger charge is 2.80. The van der Waals surface area contributed by atoms with E-state index in [1.165, 1.54) is 0 Å². The molecule has 9 heteroatoms. The van der Waals surface area contributed by atoms with Crippen molar-refractivity contribution in [2.75, 3.05) is 38.3 Å². The fraction of sp³-hybridized carbons (Fsp3) is 0.606. The van der Waals surface area contributed by atoms with Crippen molar-refractivity contribution in [1.29, 1.82) is 0 Å². The first-order chi connectivity index (χ1) is 20.2. The van der Waals surface area contributed by atoms with Crippen LogP contribution in [0.4, 0.5) is 5.69 Å². The van der Waals surface area contributed by atoms with Gasteiger partial charge in [-0.2, -0.15) is 0 Å². The molecule has 3 saturated heterocycles. The van der Waals surface area contributed by atoms with Crippen molar-refractivity contribution < 1.29 is 33.7 Å². The molecule has 0 aliphatic carbocycles. The van der Waals surface area contributed by atoms with Gasteiger partial charge < -0.3 is 29.1 Å². The van der Waals surface area contributed by atoms with Crippen molar-refractivity contribution in [2.45, 2.75) is 76.0 Å². The Bertz CT molecular complexity index is 1150. The van der Waals surface area contributed by atoms with Crippen molar-refractivity contribution in [3.8, 4) is 5.75 Å². The largest absolute Gasteiger partial charge is 0.497 e. The number of nitrogens with zero attached hydrogens (tertiary/aromatic N) is 2. The predicted octanol–water partition coefficient (Wildman–Crippen LogP) is 4.29. The number of benzene rings is 1. The summed E-state index contributed by atoms with van der Waals surface area (Å²) in [6.45, 7) is 12.4. The molecule has 3 aliphatic rings. The number of hydrogen-bond acceptors (Lipinski definition) is 7. The second-order valence-electron chi connectivity index (χ2n) is 11.9. The van der Waals surface area contributed by atoms with Gasteiger partial charge >= 0.3 is 5.97 Å². The van der Waals surface area contributed by atoms with Gasteiger partial charge in [0.05, 0.1) is 25.2 Å². The van der Waals surface area contributed by atoms with Crippen molar-refractivity contribution in [2.24, 2.45) is 17.8 Å². The molecule has 3 aliphatic heterocycles. The second-order valence-corrected chi connectivity index (χ2v) is 11.9. The number of amides is 2. The lowest BCUT2D eigenvalue weighted by atomic mass is 9.62. The van der Waals surface area contributed by atoms with Crippen molar-refractivity contribution in [3.63, 3.8) is 0 Å². The van der Waals surface area contributed by atoms with Gasteiger partial charge in [0.25, 0.3) is 5.91 Å². The van der Waals surface area contributed by atoms with Crippen LogP contribution in [0.15, 0.2) is 49.6 Å². The number of fused-ring (bicyclic) bond motifs is 1. The lowest BCUT2D eigenvalue weighted by Gasteiger charge is -2.37. The van der Waals surface area contributed by atoms with Crippen LogP contribution in [0.1, 0.15) is 58.8 Å². The average Bonchev–Trinajstić information content (AvgIpc) is 3.50. The molecule has 0 radical (unpaired) electrons. The third-order valence-electron chi connectivity index (χ3n) is 9.37. The first kappa shape index (κ1) is 31.8. The number of carbonyl (C=O) groups is 3. The highest BCUT2D eigenvalue weighted by Crippen LogP contribution is 2.65. The van der Waals surface area contributed by atoms with Gasteiger partial charge in [-0.15, -0.1) is 13.2 Å². The summed E-state index contributed by atoms with van der Waals surface area (Å²) in [5, 5.41) is 9.30. The van der Waals surface area contributed by atoms with Crippen LogP contribution in [0.5, 0.6) is 5.75 Å². The maximum Gasteiger partial charge on any atom is 0.312 e. The summed E-state index contributed by atoms with van der Waals surface area (Å²) < 4.78 is 17.9. The Balaban J connectivity index is 1.71. The molecule has 0 saturated carbocycles. The molecule has 1 aromatic carbocycles. The van der Waals surface area contributed by atoms with Gasteiger partial charge in [0.15, 0.2) is 0 Å². The zero-order valence-electron chi connectivity index (χ0n) is 25.3. The average molecular weight is 583 g/mol. The first-order valence-corrected chi connectivity index (χ1v) is 15.2. The van der Waals surface area contributed by atoms with Crippen molar-refractivity contribution in [3.05, 3.63) is 49.6 Å². The minimum atomic E-state index is -1.16. The second kappa shape index (κ2) is 13.4. The molecule has 0 aromatic heterocycles. The molecule has 1 N–H and O–H groups in total. The molecule has 3 unspecified atom stereocenters. The summed E-state index contributed by atoms with van der Waals surface area (Å²) in [7, 11) is 1.58. The Hall–Kier alpha value is -3.17. The predicted molar refractivity (Wildman–Crippen MR) is 160 cm³/mol. The molecule has 2 amide bonds. The van der Waals surface area contributed by atoms with E-state index in [2.05, 4.69) is 13.2 Å². The Morgan fingerprint density at radius 2 is 1.88 bits per heavy atom. The Labute approximate surface area is 249 Å². The minimum Gasteiger partial charge on any atom is -0.497 e. The van der Waals surface area contributed by atoms with Gasteiger partial charge in [0, 0.05) is 25.4 Å². The van der Waals surface area contributed by atoms with Crippen LogP contribution in [0.3, 0.4) is 0 Å². The maximum atomic E-state index is 14.6. The topological polar surface area (TPSA) is 106 Å².